The van der Waals surface area contributed by atoms with Crippen molar-refractivity contribution in [2.24, 2.45) is 5.41 Å². The Labute approximate surface area is 120 Å². The average Bonchev–Trinajstić information content (AvgIpc) is 2.82. The summed E-state index contributed by atoms with van der Waals surface area (Å²) in [6, 6.07) is 0. The first-order chi connectivity index (χ1) is 8.87. The van der Waals surface area contributed by atoms with Gasteiger partial charge in [0.1, 0.15) is 0 Å². The highest BCUT2D eigenvalue weighted by Gasteiger charge is 2.58. The molecule has 1 aromatic rings. The summed E-state index contributed by atoms with van der Waals surface area (Å²) in [5, 5.41) is 7.70. The van der Waals surface area contributed by atoms with Crippen molar-refractivity contribution in [3.05, 3.63) is 11.7 Å². The summed E-state index contributed by atoms with van der Waals surface area (Å²) in [6.07, 6.45) is 9.04. The molecule has 2 saturated carbocycles. The van der Waals surface area contributed by atoms with E-state index in [9.17, 15) is 0 Å². The van der Waals surface area contributed by atoms with Crippen LogP contribution in [0.25, 0.3) is 0 Å². The van der Waals surface area contributed by atoms with Gasteiger partial charge in [0.15, 0.2) is 5.82 Å². The number of aromatic nitrogens is 2. The van der Waals surface area contributed by atoms with Crippen LogP contribution in [-0.2, 0) is 0 Å². The van der Waals surface area contributed by atoms with Crippen LogP contribution in [0, 0.1) is 5.41 Å². The lowest BCUT2D eigenvalue weighted by Gasteiger charge is -2.17. The van der Waals surface area contributed by atoms with E-state index in [1.807, 2.05) is 0 Å². The molecule has 0 amide bonds. The molecule has 2 atom stereocenters. The topological polar surface area (TPSA) is 51.0 Å². The smallest absolute Gasteiger partial charge is 0.230 e. The lowest BCUT2D eigenvalue weighted by Crippen LogP contribution is -2.11. The Morgan fingerprint density at radius 2 is 2.05 bits per heavy atom. The molecular formula is C14H22ClN3O. The summed E-state index contributed by atoms with van der Waals surface area (Å²) < 4.78 is 5.54. The second-order valence-corrected chi connectivity index (χ2v) is 6.37. The highest BCUT2D eigenvalue weighted by Crippen LogP contribution is 2.62. The molecule has 3 aliphatic rings. The van der Waals surface area contributed by atoms with Crippen LogP contribution in [0.2, 0.25) is 0 Å². The average molecular weight is 284 g/mol. The maximum Gasteiger partial charge on any atom is 0.230 e. The lowest BCUT2D eigenvalue weighted by atomic mass is 9.89. The minimum absolute atomic E-state index is 0. The zero-order valence-electron chi connectivity index (χ0n) is 11.2. The molecule has 1 saturated heterocycles. The summed E-state index contributed by atoms with van der Waals surface area (Å²) in [4.78, 5) is 4.71. The van der Waals surface area contributed by atoms with E-state index in [4.69, 9.17) is 9.51 Å². The summed E-state index contributed by atoms with van der Waals surface area (Å²) in [6.45, 7) is 2.29. The first-order valence-corrected chi connectivity index (χ1v) is 7.42. The number of halogens is 1. The van der Waals surface area contributed by atoms with E-state index in [0.717, 1.165) is 24.8 Å². The van der Waals surface area contributed by atoms with E-state index < -0.39 is 0 Å². The third kappa shape index (κ3) is 2.29. The third-order valence-corrected chi connectivity index (χ3v) is 5.19. The SMILES string of the molecule is C1CCC(c2noc(C3CC34CCNC4)n2)CC1.Cl. The van der Waals surface area contributed by atoms with Gasteiger partial charge in [-0.05, 0) is 37.6 Å². The predicted octanol–water partition coefficient (Wildman–Crippen LogP) is 3.01. The summed E-state index contributed by atoms with van der Waals surface area (Å²) in [5.41, 5.74) is 0.469. The van der Waals surface area contributed by atoms with E-state index in [-0.39, 0.29) is 12.4 Å². The van der Waals surface area contributed by atoms with Crippen molar-refractivity contribution in [3.8, 4) is 0 Å². The summed E-state index contributed by atoms with van der Waals surface area (Å²) in [7, 11) is 0. The largest absolute Gasteiger partial charge is 0.339 e. The Hall–Kier alpha value is -0.610. The van der Waals surface area contributed by atoms with Crippen LogP contribution in [0.1, 0.15) is 68.5 Å². The Bertz CT molecular complexity index is 436. The fourth-order valence-electron chi connectivity index (χ4n) is 3.85. The van der Waals surface area contributed by atoms with Gasteiger partial charge in [-0.2, -0.15) is 4.98 Å². The van der Waals surface area contributed by atoms with Crippen molar-refractivity contribution in [3.63, 3.8) is 0 Å². The molecule has 2 heterocycles. The first-order valence-electron chi connectivity index (χ1n) is 7.42. The van der Waals surface area contributed by atoms with Crippen LogP contribution < -0.4 is 5.32 Å². The maximum absolute atomic E-state index is 5.54. The molecule has 2 aliphatic carbocycles. The van der Waals surface area contributed by atoms with Crippen LogP contribution in [0.4, 0.5) is 0 Å². The third-order valence-electron chi connectivity index (χ3n) is 5.19. The second-order valence-electron chi connectivity index (χ2n) is 6.37. The van der Waals surface area contributed by atoms with E-state index >= 15 is 0 Å². The van der Waals surface area contributed by atoms with Crippen molar-refractivity contribution >= 4 is 12.4 Å². The Morgan fingerprint density at radius 1 is 1.21 bits per heavy atom. The van der Waals surface area contributed by atoms with Gasteiger partial charge < -0.3 is 9.84 Å². The van der Waals surface area contributed by atoms with Gasteiger partial charge in [-0.15, -0.1) is 12.4 Å². The quantitative estimate of drug-likeness (QED) is 0.906. The molecule has 1 N–H and O–H groups in total. The van der Waals surface area contributed by atoms with Crippen LogP contribution >= 0.6 is 12.4 Å². The molecule has 4 rings (SSSR count). The Morgan fingerprint density at radius 3 is 2.79 bits per heavy atom. The molecule has 1 aromatic heterocycles. The second kappa shape index (κ2) is 5.06. The van der Waals surface area contributed by atoms with Gasteiger partial charge in [0.2, 0.25) is 5.89 Å². The van der Waals surface area contributed by atoms with Crippen molar-refractivity contribution in [2.75, 3.05) is 13.1 Å². The van der Waals surface area contributed by atoms with Gasteiger partial charge >= 0.3 is 0 Å². The van der Waals surface area contributed by atoms with Crippen LogP contribution in [0.15, 0.2) is 4.52 Å². The summed E-state index contributed by atoms with van der Waals surface area (Å²) >= 11 is 0. The molecule has 106 valence electrons. The summed E-state index contributed by atoms with van der Waals surface area (Å²) in [5.74, 6) is 3.00. The predicted molar refractivity (Wildman–Crippen MR) is 74.6 cm³/mol. The number of rotatable bonds is 2. The van der Waals surface area contributed by atoms with Crippen molar-refractivity contribution < 1.29 is 4.52 Å². The molecule has 5 heteroatoms. The molecule has 0 aromatic carbocycles. The molecule has 19 heavy (non-hydrogen) atoms. The Kier molecular flexibility index (Phi) is 3.56. The minimum atomic E-state index is 0. The highest BCUT2D eigenvalue weighted by atomic mass is 35.5. The zero-order chi connectivity index (χ0) is 12.0. The number of nitrogens with one attached hydrogen (secondary N) is 1. The normalized spacial score (nSPS) is 34.4. The van der Waals surface area contributed by atoms with Gasteiger partial charge in [0.25, 0.3) is 0 Å². The number of nitrogens with zero attached hydrogens (tertiary/aromatic N) is 2. The molecule has 1 aliphatic heterocycles. The molecule has 0 radical (unpaired) electrons. The molecular weight excluding hydrogens is 262 g/mol. The molecule has 3 fully saturated rings. The van der Waals surface area contributed by atoms with Gasteiger partial charge in [0, 0.05) is 18.4 Å². The molecule has 1 spiro atoms. The van der Waals surface area contributed by atoms with E-state index in [1.54, 1.807) is 0 Å². The highest BCUT2D eigenvalue weighted by molar-refractivity contribution is 5.85. The maximum atomic E-state index is 5.54. The monoisotopic (exact) mass is 283 g/mol. The molecule has 0 bridgehead atoms. The van der Waals surface area contributed by atoms with Gasteiger partial charge in [-0.25, -0.2) is 0 Å². The zero-order valence-corrected chi connectivity index (χ0v) is 12.0. The minimum Gasteiger partial charge on any atom is -0.339 e. The van der Waals surface area contributed by atoms with Crippen LogP contribution in [0.3, 0.4) is 0 Å². The van der Waals surface area contributed by atoms with Gasteiger partial charge in [-0.3, -0.25) is 0 Å². The van der Waals surface area contributed by atoms with Crippen LogP contribution in [-0.4, -0.2) is 23.2 Å². The number of hydrogen-bond donors (Lipinski definition) is 1. The standard InChI is InChI=1S/C14H21N3O.ClH/c1-2-4-10(5-3-1)12-16-13(18-17-12)11-8-14(11)6-7-15-9-14;/h10-11,15H,1-9H2;1H. The first kappa shape index (κ1) is 13.4. The van der Waals surface area contributed by atoms with E-state index in [1.165, 1.54) is 44.9 Å². The van der Waals surface area contributed by atoms with Crippen molar-refractivity contribution in [1.82, 2.24) is 15.5 Å². The van der Waals surface area contributed by atoms with E-state index in [2.05, 4.69) is 10.5 Å². The van der Waals surface area contributed by atoms with E-state index in [0.29, 0.717) is 17.3 Å². The molecule has 4 nitrogen and oxygen atoms in total. The number of hydrogen-bond acceptors (Lipinski definition) is 4. The molecule has 2 unspecified atom stereocenters. The van der Waals surface area contributed by atoms with Gasteiger partial charge in [-0.1, -0.05) is 24.4 Å². The Balaban J connectivity index is 0.00000110. The fourth-order valence-corrected chi connectivity index (χ4v) is 3.85. The van der Waals surface area contributed by atoms with Gasteiger partial charge in [0.05, 0.1) is 0 Å². The fraction of sp³-hybridized carbons (Fsp3) is 0.857. The van der Waals surface area contributed by atoms with Crippen molar-refractivity contribution in [2.45, 2.75) is 56.8 Å². The van der Waals surface area contributed by atoms with Crippen molar-refractivity contribution in [1.29, 1.82) is 0 Å². The van der Waals surface area contributed by atoms with Crippen LogP contribution in [0.5, 0.6) is 0 Å². The lowest BCUT2D eigenvalue weighted by molar-refractivity contribution is 0.348.